The monoisotopic (exact) mass is 289 g/mol. The molecule has 116 valence electrons. The van der Waals surface area contributed by atoms with Gasteiger partial charge in [-0.2, -0.15) is 0 Å². The van der Waals surface area contributed by atoms with Gasteiger partial charge in [0.1, 0.15) is 12.4 Å². The van der Waals surface area contributed by atoms with E-state index in [1.807, 2.05) is 18.2 Å². The standard InChI is InChI=1S/C18H27NO2/c1-5-11-21-18-9-7-6-8-16(18)13-17(15(2)3)14-19-10-12-20-4/h5-9,13,15,19H,1,10-12,14H2,2-4H3. The van der Waals surface area contributed by atoms with Crippen LogP contribution in [-0.4, -0.2) is 33.4 Å². The molecular weight excluding hydrogens is 262 g/mol. The van der Waals surface area contributed by atoms with Crippen LogP contribution < -0.4 is 10.1 Å². The van der Waals surface area contributed by atoms with E-state index in [4.69, 9.17) is 9.47 Å². The molecular formula is C18H27NO2. The molecule has 0 spiro atoms. The number of ether oxygens (including phenoxy) is 2. The van der Waals surface area contributed by atoms with Gasteiger partial charge >= 0.3 is 0 Å². The van der Waals surface area contributed by atoms with Crippen LogP contribution in [0.3, 0.4) is 0 Å². The van der Waals surface area contributed by atoms with Crippen molar-refractivity contribution in [2.75, 3.05) is 33.4 Å². The highest BCUT2D eigenvalue weighted by Gasteiger charge is 2.06. The van der Waals surface area contributed by atoms with Crippen molar-refractivity contribution in [1.29, 1.82) is 0 Å². The first-order chi connectivity index (χ1) is 10.2. The van der Waals surface area contributed by atoms with Gasteiger partial charge in [0.2, 0.25) is 0 Å². The summed E-state index contributed by atoms with van der Waals surface area (Å²) in [5.74, 6) is 1.37. The summed E-state index contributed by atoms with van der Waals surface area (Å²) in [6.07, 6.45) is 3.97. The SMILES string of the molecule is C=CCOc1ccccc1C=C(CNCCOC)C(C)C. The topological polar surface area (TPSA) is 30.5 Å². The molecule has 1 aromatic carbocycles. The van der Waals surface area contributed by atoms with Gasteiger partial charge in [0.05, 0.1) is 6.61 Å². The number of benzene rings is 1. The first-order valence-electron chi connectivity index (χ1n) is 7.41. The third-order valence-corrected chi connectivity index (χ3v) is 3.17. The van der Waals surface area contributed by atoms with Crippen molar-refractivity contribution in [3.8, 4) is 5.75 Å². The van der Waals surface area contributed by atoms with Gasteiger partial charge in [0.25, 0.3) is 0 Å². The molecule has 1 N–H and O–H groups in total. The number of hydrogen-bond acceptors (Lipinski definition) is 3. The van der Waals surface area contributed by atoms with Crippen molar-refractivity contribution >= 4 is 6.08 Å². The van der Waals surface area contributed by atoms with Crippen molar-refractivity contribution in [2.45, 2.75) is 13.8 Å². The summed E-state index contributed by atoms with van der Waals surface area (Å²) in [5.41, 5.74) is 2.46. The van der Waals surface area contributed by atoms with Crippen molar-refractivity contribution in [2.24, 2.45) is 5.92 Å². The summed E-state index contributed by atoms with van der Waals surface area (Å²) in [6.45, 7) is 11.1. The molecule has 0 atom stereocenters. The second-order valence-corrected chi connectivity index (χ2v) is 5.18. The fourth-order valence-corrected chi connectivity index (χ4v) is 1.91. The van der Waals surface area contributed by atoms with E-state index in [2.05, 4.69) is 37.9 Å². The second kappa shape index (κ2) is 10.2. The van der Waals surface area contributed by atoms with Gasteiger partial charge < -0.3 is 14.8 Å². The molecule has 0 amide bonds. The molecule has 0 bridgehead atoms. The molecule has 0 saturated heterocycles. The summed E-state index contributed by atoms with van der Waals surface area (Å²) in [6, 6.07) is 8.09. The molecule has 3 heteroatoms. The van der Waals surface area contributed by atoms with Gasteiger partial charge in [-0.15, -0.1) is 0 Å². The number of methoxy groups -OCH3 is 1. The molecule has 21 heavy (non-hydrogen) atoms. The molecule has 0 radical (unpaired) electrons. The average Bonchev–Trinajstić information content (AvgIpc) is 2.49. The summed E-state index contributed by atoms with van der Waals surface area (Å²) >= 11 is 0. The summed E-state index contributed by atoms with van der Waals surface area (Å²) in [7, 11) is 1.72. The Bertz CT molecular complexity index is 452. The van der Waals surface area contributed by atoms with Crippen LogP contribution >= 0.6 is 0 Å². The summed E-state index contributed by atoms with van der Waals surface area (Å²) in [4.78, 5) is 0. The van der Waals surface area contributed by atoms with Crippen molar-refractivity contribution in [3.05, 3.63) is 48.1 Å². The van der Waals surface area contributed by atoms with E-state index in [-0.39, 0.29) is 0 Å². The number of rotatable bonds is 10. The Morgan fingerprint density at radius 1 is 1.33 bits per heavy atom. The molecule has 0 fully saturated rings. The number of para-hydroxylation sites is 1. The highest BCUT2D eigenvalue weighted by molar-refractivity contribution is 5.60. The summed E-state index contributed by atoms with van der Waals surface area (Å²) in [5, 5.41) is 3.40. The highest BCUT2D eigenvalue weighted by Crippen LogP contribution is 2.23. The maximum atomic E-state index is 5.71. The van der Waals surface area contributed by atoms with E-state index >= 15 is 0 Å². The first-order valence-corrected chi connectivity index (χ1v) is 7.41. The third-order valence-electron chi connectivity index (χ3n) is 3.17. The van der Waals surface area contributed by atoms with Gasteiger partial charge in [-0.25, -0.2) is 0 Å². The highest BCUT2D eigenvalue weighted by atomic mass is 16.5. The predicted octanol–water partition coefficient (Wildman–Crippen LogP) is 3.53. The van der Waals surface area contributed by atoms with Crippen LogP contribution in [0.1, 0.15) is 19.4 Å². The lowest BCUT2D eigenvalue weighted by Crippen LogP contribution is -2.23. The number of nitrogens with one attached hydrogen (secondary N) is 1. The smallest absolute Gasteiger partial charge is 0.126 e. The Hall–Kier alpha value is -1.58. The fraction of sp³-hybridized carbons (Fsp3) is 0.444. The second-order valence-electron chi connectivity index (χ2n) is 5.18. The minimum atomic E-state index is 0.479. The minimum absolute atomic E-state index is 0.479. The van der Waals surface area contributed by atoms with Crippen molar-refractivity contribution < 1.29 is 9.47 Å². The maximum absolute atomic E-state index is 5.71. The van der Waals surface area contributed by atoms with Crippen molar-refractivity contribution in [1.82, 2.24) is 5.32 Å². The lowest BCUT2D eigenvalue weighted by Gasteiger charge is -2.14. The zero-order valence-electron chi connectivity index (χ0n) is 13.4. The van der Waals surface area contributed by atoms with E-state index in [0.29, 0.717) is 12.5 Å². The Labute approximate surface area is 128 Å². The zero-order valence-corrected chi connectivity index (χ0v) is 13.4. The summed E-state index contributed by atoms with van der Waals surface area (Å²) < 4.78 is 10.8. The van der Waals surface area contributed by atoms with Crippen LogP contribution in [0.25, 0.3) is 6.08 Å². The van der Waals surface area contributed by atoms with E-state index < -0.39 is 0 Å². The largest absolute Gasteiger partial charge is 0.489 e. The van der Waals surface area contributed by atoms with Gasteiger partial charge in [0, 0.05) is 25.8 Å². The van der Waals surface area contributed by atoms with Gasteiger partial charge in [0.15, 0.2) is 0 Å². The van der Waals surface area contributed by atoms with Gasteiger partial charge in [-0.05, 0) is 12.0 Å². The van der Waals surface area contributed by atoms with E-state index in [1.54, 1.807) is 13.2 Å². The lowest BCUT2D eigenvalue weighted by molar-refractivity contribution is 0.200. The van der Waals surface area contributed by atoms with Gasteiger partial charge in [-0.3, -0.25) is 0 Å². The molecule has 1 aromatic rings. The van der Waals surface area contributed by atoms with E-state index in [1.165, 1.54) is 5.57 Å². The fourth-order valence-electron chi connectivity index (χ4n) is 1.91. The molecule has 0 unspecified atom stereocenters. The molecule has 3 nitrogen and oxygen atoms in total. The Kier molecular flexibility index (Phi) is 8.48. The van der Waals surface area contributed by atoms with Crippen LogP contribution in [0.4, 0.5) is 0 Å². The molecule has 0 saturated carbocycles. The Balaban J connectivity index is 2.81. The molecule has 0 aromatic heterocycles. The molecule has 0 aliphatic carbocycles. The lowest BCUT2D eigenvalue weighted by atomic mass is 10.00. The molecule has 0 heterocycles. The maximum Gasteiger partial charge on any atom is 0.126 e. The Morgan fingerprint density at radius 3 is 2.76 bits per heavy atom. The predicted molar refractivity (Wildman–Crippen MR) is 89.7 cm³/mol. The van der Waals surface area contributed by atoms with E-state index in [0.717, 1.165) is 31.0 Å². The van der Waals surface area contributed by atoms with Gasteiger partial charge in [-0.1, -0.05) is 56.4 Å². The van der Waals surface area contributed by atoms with Crippen LogP contribution in [0, 0.1) is 5.92 Å². The molecule has 0 aliphatic rings. The minimum Gasteiger partial charge on any atom is -0.489 e. The van der Waals surface area contributed by atoms with Crippen LogP contribution in [-0.2, 0) is 4.74 Å². The average molecular weight is 289 g/mol. The molecule has 1 rings (SSSR count). The van der Waals surface area contributed by atoms with E-state index in [9.17, 15) is 0 Å². The zero-order chi connectivity index (χ0) is 15.5. The van der Waals surface area contributed by atoms with Crippen molar-refractivity contribution in [3.63, 3.8) is 0 Å². The normalized spacial score (nSPS) is 11.7. The Morgan fingerprint density at radius 2 is 2.10 bits per heavy atom. The first kappa shape index (κ1) is 17.5. The quantitative estimate of drug-likeness (QED) is 0.528. The van der Waals surface area contributed by atoms with Crippen LogP contribution in [0.5, 0.6) is 5.75 Å². The van der Waals surface area contributed by atoms with Crippen LogP contribution in [0.15, 0.2) is 42.5 Å². The third kappa shape index (κ3) is 6.61. The molecule has 0 aliphatic heterocycles. The number of hydrogen-bond donors (Lipinski definition) is 1. The van der Waals surface area contributed by atoms with Crippen LogP contribution in [0.2, 0.25) is 0 Å².